The molecule has 6 heteroatoms. The molecule has 0 bridgehead atoms. The van der Waals surface area contributed by atoms with Gasteiger partial charge in [0.1, 0.15) is 0 Å². The van der Waals surface area contributed by atoms with Crippen molar-refractivity contribution in [1.82, 2.24) is 15.5 Å². The minimum atomic E-state index is 0.272. The molecular formula is C22H40N4O2. The second-order valence-corrected chi connectivity index (χ2v) is 9.04. The Morgan fingerprint density at radius 1 is 1.18 bits per heavy atom. The van der Waals surface area contributed by atoms with Crippen LogP contribution in [0.4, 0.5) is 0 Å². The van der Waals surface area contributed by atoms with Gasteiger partial charge in [0, 0.05) is 51.9 Å². The van der Waals surface area contributed by atoms with Crippen LogP contribution in [0.3, 0.4) is 0 Å². The molecule has 6 nitrogen and oxygen atoms in total. The van der Waals surface area contributed by atoms with Gasteiger partial charge in [0.05, 0.1) is 0 Å². The number of methoxy groups -OCH3 is 1. The van der Waals surface area contributed by atoms with Crippen LogP contribution >= 0.6 is 0 Å². The van der Waals surface area contributed by atoms with Gasteiger partial charge in [-0.1, -0.05) is 25.7 Å². The van der Waals surface area contributed by atoms with Gasteiger partial charge in [-0.15, -0.1) is 0 Å². The lowest BCUT2D eigenvalue weighted by Crippen LogP contribution is -2.46. The monoisotopic (exact) mass is 392 g/mol. The third kappa shape index (κ3) is 5.62. The summed E-state index contributed by atoms with van der Waals surface area (Å²) >= 11 is 0. The van der Waals surface area contributed by atoms with Crippen molar-refractivity contribution in [1.29, 1.82) is 0 Å². The van der Waals surface area contributed by atoms with Crippen molar-refractivity contribution in [2.75, 3.05) is 39.9 Å². The zero-order valence-corrected chi connectivity index (χ0v) is 18.0. The van der Waals surface area contributed by atoms with E-state index in [-0.39, 0.29) is 5.92 Å². The normalized spacial score (nSPS) is 25.4. The summed E-state index contributed by atoms with van der Waals surface area (Å²) in [6.45, 7) is 6.34. The second kappa shape index (κ2) is 10.5. The number of likely N-dealkylation sites (tertiary alicyclic amines) is 1. The van der Waals surface area contributed by atoms with Crippen molar-refractivity contribution < 1.29 is 9.53 Å². The molecule has 0 aromatic carbocycles. The Labute approximate surface area is 170 Å². The first-order valence-corrected chi connectivity index (χ1v) is 11.5. The van der Waals surface area contributed by atoms with Gasteiger partial charge in [0.2, 0.25) is 5.91 Å². The third-order valence-electron chi connectivity index (χ3n) is 6.96. The molecule has 0 aromatic heterocycles. The van der Waals surface area contributed by atoms with E-state index in [0.29, 0.717) is 17.4 Å². The number of nitrogens with zero attached hydrogens (tertiary/aromatic N) is 2. The molecule has 2 N–H and O–H groups in total. The van der Waals surface area contributed by atoms with Gasteiger partial charge in [-0.2, -0.15) is 0 Å². The number of carbonyl (C=O) groups excluding carboxylic acids is 1. The van der Waals surface area contributed by atoms with E-state index in [1.165, 1.54) is 38.5 Å². The number of hydrogen-bond acceptors (Lipinski definition) is 3. The van der Waals surface area contributed by atoms with E-state index < -0.39 is 0 Å². The molecule has 28 heavy (non-hydrogen) atoms. The Morgan fingerprint density at radius 3 is 2.61 bits per heavy atom. The molecule has 1 atom stereocenters. The summed E-state index contributed by atoms with van der Waals surface area (Å²) in [5, 5.41) is 6.99. The zero-order valence-electron chi connectivity index (χ0n) is 18.0. The number of hydrogen-bond donors (Lipinski definition) is 2. The van der Waals surface area contributed by atoms with E-state index in [1.54, 1.807) is 7.11 Å². The first kappa shape index (κ1) is 21.4. The Morgan fingerprint density at radius 2 is 1.96 bits per heavy atom. The summed E-state index contributed by atoms with van der Waals surface area (Å²) in [4.78, 5) is 19.8. The Balaban J connectivity index is 1.50. The smallest absolute Gasteiger partial charge is 0.225 e. The summed E-state index contributed by atoms with van der Waals surface area (Å²) in [6, 6.07) is 0.307. The Hall–Kier alpha value is -1.30. The molecule has 0 spiro atoms. The topological polar surface area (TPSA) is 66.0 Å². The predicted molar refractivity (Wildman–Crippen MR) is 113 cm³/mol. The fourth-order valence-electron chi connectivity index (χ4n) is 4.93. The van der Waals surface area contributed by atoms with Gasteiger partial charge in [-0.3, -0.25) is 9.79 Å². The highest BCUT2D eigenvalue weighted by atomic mass is 16.5. The number of ether oxygens (including phenoxy) is 1. The summed E-state index contributed by atoms with van der Waals surface area (Å²) in [5.74, 6) is 1.57. The molecule has 1 aliphatic heterocycles. The van der Waals surface area contributed by atoms with E-state index in [0.717, 1.165) is 64.4 Å². The molecule has 0 aromatic rings. The molecule has 1 unspecified atom stereocenters. The van der Waals surface area contributed by atoms with Crippen LogP contribution in [-0.2, 0) is 9.53 Å². The highest BCUT2D eigenvalue weighted by Crippen LogP contribution is 2.44. The molecule has 3 aliphatic rings. The maximum Gasteiger partial charge on any atom is 0.225 e. The standard InChI is InChI=1S/C22H40N4O2/c1-3-23-21(24-17-22(11-7-12-22)13-15-28-2)25-19-10-14-26(16-19)20(27)18-8-5-4-6-9-18/h18-19H,3-17H2,1-2H3,(H2,23,24,25). The molecule has 2 aliphatic carbocycles. The summed E-state index contributed by atoms with van der Waals surface area (Å²) in [7, 11) is 1.78. The summed E-state index contributed by atoms with van der Waals surface area (Å²) < 4.78 is 5.30. The van der Waals surface area contributed by atoms with E-state index in [1.807, 2.05) is 0 Å². The van der Waals surface area contributed by atoms with Crippen LogP contribution in [0, 0.1) is 11.3 Å². The van der Waals surface area contributed by atoms with Crippen LogP contribution in [-0.4, -0.2) is 62.7 Å². The number of aliphatic imine (C=N–C) groups is 1. The average molecular weight is 393 g/mol. The van der Waals surface area contributed by atoms with Gasteiger partial charge in [0.15, 0.2) is 5.96 Å². The van der Waals surface area contributed by atoms with Crippen molar-refractivity contribution in [2.24, 2.45) is 16.3 Å². The Bertz CT molecular complexity index is 527. The van der Waals surface area contributed by atoms with E-state index in [9.17, 15) is 4.79 Å². The van der Waals surface area contributed by atoms with Crippen molar-refractivity contribution >= 4 is 11.9 Å². The van der Waals surface area contributed by atoms with Crippen molar-refractivity contribution in [2.45, 2.75) is 77.2 Å². The van der Waals surface area contributed by atoms with Crippen LogP contribution in [0.2, 0.25) is 0 Å². The molecule has 0 radical (unpaired) electrons. The molecule has 160 valence electrons. The van der Waals surface area contributed by atoms with Gasteiger partial charge in [-0.05, 0) is 50.9 Å². The molecule has 3 fully saturated rings. The lowest BCUT2D eigenvalue weighted by molar-refractivity contribution is -0.135. The fourth-order valence-corrected chi connectivity index (χ4v) is 4.93. The minimum Gasteiger partial charge on any atom is -0.385 e. The molecule has 2 saturated carbocycles. The van der Waals surface area contributed by atoms with Gasteiger partial charge in [-0.25, -0.2) is 0 Å². The van der Waals surface area contributed by atoms with Crippen LogP contribution in [0.15, 0.2) is 4.99 Å². The molecular weight excluding hydrogens is 352 g/mol. The fraction of sp³-hybridized carbons (Fsp3) is 0.909. The Kier molecular flexibility index (Phi) is 8.00. The highest BCUT2D eigenvalue weighted by molar-refractivity contribution is 5.81. The molecule has 3 rings (SSSR count). The SMILES string of the molecule is CCNC(=NCC1(CCOC)CCC1)NC1CCN(C(=O)C2CCCCC2)C1. The maximum absolute atomic E-state index is 12.8. The van der Waals surface area contributed by atoms with Crippen molar-refractivity contribution in [3.63, 3.8) is 0 Å². The largest absolute Gasteiger partial charge is 0.385 e. The lowest BCUT2D eigenvalue weighted by Gasteiger charge is -2.41. The zero-order chi connectivity index (χ0) is 19.8. The number of carbonyl (C=O) groups is 1. The van der Waals surface area contributed by atoms with E-state index in [4.69, 9.17) is 9.73 Å². The van der Waals surface area contributed by atoms with E-state index in [2.05, 4.69) is 22.5 Å². The second-order valence-electron chi connectivity index (χ2n) is 9.04. The van der Waals surface area contributed by atoms with Crippen LogP contribution < -0.4 is 10.6 Å². The van der Waals surface area contributed by atoms with Crippen LogP contribution in [0.1, 0.15) is 71.1 Å². The highest BCUT2D eigenvalue weighted by Gasteiger charge is 2.36. The van der Waals surface area contributed by atoms with Crippen LogP contribution in [0.5, 0.6) is 0 Å². The van der Waals surface area contributed by atoms with E-state index >= 15 is 0 Å². The van der Waals surface area contributed by atoms with Gasteiger partial charge in [0.25, 0.3) is 0 Å². The van der Waals surface area contributed by atoms with Crippen molar-refractivity contribution in [3.8, 4) is 0 Å². The summed E-state index contributed by atoms with van der Waals surface area (Å²) in [5.41, 5.74) is 0.330. The first-order chi connectivity index (χ1) is 13.7. The summed E-state index contributed by atoms with van der Waals surface area (Å²) in [6.07, 6.45) is 11.8. The maximum atomic E-state index is 12.8. The minimum absolute atomic E-state index is 0.272. The number of amides is 1. The first-order valence-electron chi connectivity index (χ1n) is 11.5. The number of nitrogens with one attached hydrogen (secondary N) is 2. The van der Waals surface area contributed by atoms with Crippen molar-refractivity contribution in [3.05, 3.63) is 0 Å². The third-order valence-corrected chi connectivity index (χ3v) is 6.96. The molecule has 1 amide bonds. The number of rotatable bonds is 8. The van der Waals surface area contributed by atoms with Gasteiger partial charge >= 0.3 is 0 Å². The lowest BCUT2D eigenvalue weighted by atomic mass is 9.67. The molecule has 1 saturated heterocycles. The van der Waals surface area contributed by atoms with Gasteiger partial charge < -0.3 is 20.3 Å². The average Bonchev–Trinajstić information content (AvgIpc) is 3.15. The molecule has 1 heterocycles. The van der Waals surface area contributed by atoms with Crippen LogP contribution in [0.25, 0.3) is 0 Å². The quantitative estimate of drug-likeness (QED) is 0.492. The number of guanidine groups is 1. The predicted octanol–water partition coefficient (Wildman–Crippen LogP) is 2.93.